The van der Waals surface area contributed by atoms with Gasteiger partial charge in [0.2, 0.25) is 0 Å². The minimum Gasteiger partial charge on any atom is -0.462 e. The molecule has 0 atom stereocenters. The lowest BCUT2D eigenvalue weighted by Crippen LogP contribution is -2.37. The number of esters is 1. The maximum Gasteiger partial charge on any atom is 0.341 e. The lowest BCUT2D eigenvalue weighted by Gasteiger charge is -2.33. The predicted molar refractivity (Wildman–Crippen MR) is 136 cm³/mol. The van der Waals surface area contributed by atoms with Crippen LogP contribution in [0.5, 0.6) is 0 Å². The second kappa shape index (κ2) is 10.8. The molecule has 5 rings (SSSR count). The van der Waals surface area contributed by atoms with Crippen LogP contribution in [-0.2, 0) is 16.1 Å². The van der Waals surface area contributed by atoms with Crippen LogP contribution < -0.4 is 4.90 Å². The number of carbonyl (C=O) groups is 1. The summed E-state index contributed by atoms with van der Waals surface area (Å²) in [5.74, 6) is -0.00316. The lowest BCUT2D eigenvalue weighted by atomic mass is 10.0. The molecule has 1 saturated carbocycles. The Bertz CT molecular complexity index is 1230. The van der Waals surface area contributed by atoms with Crippen molar-refractivity contribution >= 4 is 34.9 Å². The van der Waals surface area contributed by atoms with Crippen LogP contribution in [0.25, 0.3) is 11.3 Å². The molecule has 0 amide bonds. The first-order chi connectivity index (χ1) is 17.5. The Hall–Kier alpha value is -2.61. The van der Waals surface area contributed by atoms with Gasteiger partial charge in [0.1, 0.15) is 17.3 Å². The Kier molecular flexibility index (Phi) is 7.51. The number of rotatable bonds is 8. The van der Waals surface area contributed by atoms with Gasteiger partial charge in [-0.3, -0.25) is 0 Å². The minimum atomic E-state index is -0.648. The number of hydrogen-bond acceptors (Lipinski definition) is 6. The second-order valence-electron chi connectivity index (χ2n) is 9.13. The molecule has 2 aromatic carbocycles. The first kappa shape index (κ1) is 25.1. The minimum absolute atomic E-state index is 0.0430. The van der Waals surface area contributed by atoms with E-state index in [2.05, 4.69) is 10.1 Å². The van der Waals surface area contributed by atoms with E-state index in [4.69, 9.17) is 37.2 Å². The number of ether oxygens (including phenoxy) is 2. The van der Waals surface area contributed by atoms with E-state index >= 15 is 0 Å². The molecule has 36 heavy (non-hydrogen) atoms. The van der Waals surface area contributed by atoms with Gasteiger partial charge in [0.15, 0.2) is 0 Å². The van der Waals surface area contributed by atoms with Crippen LogP contribution >= 0.6 is 23.2 Å². The van der Waals surface area contributed by atoms with Crippen molar-refractivity contribution in [3.63, 3.8) is 0 Å². The molecule has 0 N–H and O–H groups in total. The maximum absolute atomic E-state index is 14.5. The Labute approximate surface area is 219 Å². The molecule has 1 aliphatic carbocycles. The average molecular weight is 533 g/mol. The second-order valence-corrected chi connectivity index (χ2v) is 9.94. The molecule has 1 aliphatic heterocycles. The molecular formula is C27H27Cl2FN2O4. The summed E-state index contributed by atoms with van der Waals surface area (Å²) < 4.78 is 31.5. The smallest absolute Gasteiger partial charge is 0.341 e. The normalized spacial score (nSPS) is 16.4. The third-order valence-corrected chi connectivity index (χ3v) is 7.31. The van der Waals surface area contributed by atoms with Gasteiger partial charge < -0.3 is 18.9 Å². The van der Waals surface area contributed by atoms with Crippen molar-refractivity contribution in [2.24, 2.45) is 0 Å². The topological polar surface area (TPSA) is 64.8 Å². The molecule has 0 bridgehead atoms. The zero-order valence-electron chi connectivity index (χ0n) is 19.9. The van der Waals surface area contributed by atoms with Gasteiger partial charge in [-0.15, -0.1) is 0 Å². The summed E-state index contributed by atoms with van der Waals surface area (Å²) >= 11 is 12.9. The Morgan fingerprint density at radius 1 is 1.14 bits per heavy atom. The van der Waals surface area contributed by atoms with E-state index in [9.17, 15) is 9.18 Å². The van der Waals surface area contributed by atoms with Crippen molar-refractivity contribution < 1.29 is 23.2 Å². The van der Waals surface area contributed by atoms with Crippen LogP contribution in [0.2, 0.25) is 10.0 Å². The third-order valence-electron chi connectivity index (χ3n) is 6.68. The number of hydrogen-bond donors (Lipinski definition) is 0. The molecule has 1 saturated heterocycles. The first-order valence-corrected chi connectivity index (χ1v) is 13.0. The van der Waals surface area contributed by atoms with Gasteiger partial charge in [-0.2, -0.15) is 0 Å². The van der Waals surface area contributed by atoms with Crippen molar-refractivity contribution in [2.75, 3.05) is 24.6 Å². The molecule has 6 nitrogen and oxygen atoms in total. The molecule has 1 aromatic heterocycles. The summed E-state index contributed by atoms with van der Waals surface area (Å²) in [6.07, 6.45) is 3.76. The van der Waals surface area contributed by atoms with Gasteiger partial charge in [-0.05, 0) is 62.9 Å². The van der Waals surface area contributed by atoms with E-state index in [-0.39, 0.29) is 18.3 Å². The van der Waals surface area contributed by atoms with Crippen LogP contribution in [0.15, 0.2) is 40.9 Å². The average Bonchev–Trinajstić information content (AvgIpc) is 3.63. The van der Waals surface area contributed by atoms with Gasteiger partial charge in [-0.25, -0.2) is 9.18 Å². The van der Waals surface area contributed by atoms with Gasteiger partial charge in [0.25, 0.3) is 0 Å². The van der Waals surface area contributed by atoms with Crippen molar-refractivity contribution in [1.82, 2.24) is 5.16 Å². The van der Waals surface area contributed by atoms with Crippen LogP contribution in [0.1, 0.15) is 60.2 Å². The lowest BCUT2D eigenvalue weighted by molar-refractivity contribution is 0.0246. The Morgan fingerprint density at radius 2 is 1.86 bits per heavy atom. The molecule has 0 spiro atoms. The number of aromatic nitrogens is 1. The Morgan fingerprint density at radius 3 is 2.50 bits per heavy atom. The number of benzene rings is 2. The summed E-state index contributed by atoms with van der Waals surface area (Å²) in [6, 6.07) is 10.0. The highest BCUT2D eigenvalue weighted by atomic mass is 35.5. The molecule has 0 radical (unpaired) electrons. The summed E-state index contributed by atoms with van der Waals surface area (Å²) in [4.78, 5) is 14.0. The van der Waals surface area contributed by atoms with E-state index in [0.29, 0.717) is 46.9 Å². The van der Waals surface area contributed by atoms with Gasteiger partial charge in [0.05, 0.1) is 34.9 Å². The van der Waals surface area contributed by atoms with Crippen LogP contribution in [0.3, 0.4) is 0 Å². The molecule has 190 valence electrons. The van der Waals surface area contributed by atoms with E-state index in [0.717, 1.165) is 42.7 Å². The van der Waals surface area contributed by atoms with Crippen LogP contribution in [0, 0.1) is 5.82 Å². The van der Waals surface area contributed by atoms with Gasteiger partial charge in [-0.1, -0.05) is 34.4 Å². The molecule has 2 aliphatic rings. The SMILES string of the molecule is CCOC(=O)c1ccc(N2CCC(OCc3c(-c4c(Cl)cccc4Cl)noc3C3CC3)CC2)cc1F. The standard InChI is InChI=1S/C27H27Cl2FN2O4/c1-2-34-27(33)19-9-8-17(14-23(19)30)32-12-10-18(11-13-32)35-15-20-25(31-36-26(20)16-6-7-16)24-21(28)4-3-5-22(24)29/h3-5,8-9,14,16,18H,2,6-7,10-13,15H2,1H3. The number of carbonyl (C=O) groups excluding carboxylic acids is 1. The van der Waals surface area contributed by atoms with Gasteiger partial charge >= 0.3 is 5.97 Å². The number of piperidine rings is 1. The third kappa shape index (κ3) is 5.24. The number of nitrogens with zero attached hydrogens (tertiary/aromatic N) is 2. The van der Waals surface area contributed by atoms with E-state index < -0.39 is 11.8 Å². The van der Waals surface area contributed by atoms with Gasteiger partial charge in [0, 0.05) is 35.8 Å². The summed E-state index contributed by atoms with van der Waals surface area (Å²) in [5.41, 5.74) is 2.91. The zero-order chi connectivity index (χ0) is 25.2. The first-order valence-electron chi connectivity index (χ1n) is 12.2. The molecule has 9 heteroatoms. The molecule has 0 unspecified atom stereocenters. The highest BCUT2D eigenvalue weighted by molar-refractivity contribution is 6.39. The summed E-state index contributed by atoms with van der Waals surface area (Å²) in [5, 5.41) is 5.37. The van der Waals surface area contributed by atoms with E-state index in [1.807, 2.05) is 0 Å². The van der Waals surface area contributed by atoms with Crippen molar-refractivity contribution in [2.45, 2.75) is 51.2 Å². The van der Waals surface area contributed by atoms with Crippen LogP contribution in [-0.4, -0.2) is 36.9 Å². The molecular weight excluding hydrogens is 506 g/mol. The molecule has 2 fully saturated rings. The summed E-state index contributed by atoms with van der Waals surface area (Å²) in [6.45, 7) is 3.69. The van der Waals surface area contributed by atoms with Crippen LogP contribution in [0.4, 0.5) is 10.1 Å². The molecule has 3 aromatic rings. The highest BCUT2D eigenvalue weighted by Gasteiger charge is 2.34. The largest absolute Gasteiger partial charge is 0.462 e. The number of anilines is 1. The fourth-order valence-electron chi connectivity index (χ4n) is 4.61. The highest BCUT2D eigenvalue weighted by Crippen LogP contribution is 2.46. The fourth-order valence-corrected chi connectivity index (χ4v) is 5.18. The van der Waals surface area contributed by atoms with E-state index in [1.54, 1.807) is 31.2 Å². The van der Waals surface area contributed by atoms with Crippen molar-refractivity contribution in [1.29, 1.82) is 0 Å². The Balaban J connectivity index is 1.24. The molecule has 2 heterocycles. The maximum atomic E-state index is 14.5. The van der Waals surface area contributed by atoms with Crippen molar-refractivity contribution in [3.05, 3.63) is 69.1 Å². The summed E-state index contributed by atoms with van der Waals surface area (Å²) in [7, 11) is 0. The zero-order valence-corrected chi connectivity index (χ0v) is 21.4. The quantitative estimate of drug-likeness (QED) is 0.290. The van der Waals surface area contributed by atoms with E-state index in [1.165, 1.54) is 12.1 Å². The number of halogens is 3. The fraction of sp³-hybridized carbons (Fsp3) is 0.407. The predicted octanol–water partition coefficient (Wildman–Crippen LogP) is 7.03. The van der Waals surface area contributed by atoms with Crippen molar-refractivity contribution in [3.8, 4) is 11.3 Å². The monoisotopic (exact) mass is 532 g/mol.